The first-order chi connectivity index (χ1) is 9.91. The number of halogens is 3. The largest absolute Gasteiger partial charge is 0.416 e. The zero-order valence-corrected chi connectivity index (χ0v) is 11.3. The lowest BCUT2D eigenvalue weighted by atomic mass is 10.1. The van der Waals surface area contributed by atoms with Crippen molar-refractivity contribution in [1.82, 2.24) is 9.55 Å². The van der Waals surface area contributed by atoms with Crippen LogP contribution in [-0.4, -0.2) is 9.55 Å². The molecule has 0 radical (unpaired) electrons. The van der Waals surface area contributed by atoms with E-state index in [1.54, 1.807) is 12.3 Å². The molecule has 21 heavy (non-hydrogen) atoms. The smallest absolute Gasteiger partial charge is 0.361 e. The van der Waals surface area contributed by atoms with Gasteiger partial charge in [0.15, 0.2) is 5.82 Å². The molecular weight excluding hydrogens is 283 g/mol. The van der Waals surface area contributed by atoms with E-state index in [1.807, 2.05) is 6.92 Å². The van der Waals surface area contributed by atoms with Crippen molar-refractivity contribution in [3.05, 3.63) is 58.1 Å². The van der Waals surface area contributed by atoms with Gasteiger partial charge < -0.3 is 9.88 Å². The highest BCUT2D eigenvalue weighted by molar-refractivity contribution is 5.34. The van der Waals surface area contributed by atoms with Crippen LogP contribution in [0.1, 0.15) is 18.1 Å². The number of aryl methyl sites for hydroxylation is 1. The highest BCUT2D eigenvalue weighted by Gasteiger charge is 2.30. The Kier molecular flexibility index (Phi) is 4.30. The van der Waals surface area contributed by atoms with Crippen molar-refractivity contribution in [2.75, 3.05) is 5.32 Å². The van der Waals surface area contributed by atoms with Crippen LogP contribution in [0.2, 0.25) is 0 Å². The molecule has 112 valence electrons. The van der Waals surface area contributed by atoms with Gasteiger partial charge in [-0.2, -0.15) is 13.2 Å². The quantitative estimate of drug-likeness (QED) is 0.944. The number of anilines is 1. The molecule has 1 aromatic carbocycles. The third kappa shape index (κ3) is 3.62. The molecule has 7 heteroatoms. The number of aromatic nitrogens is 2. The van der Waals surface area contributed by atoms with Gasteiger partial charge in [-0.3, -0.25) is 4.79 Å². The van der Waals surface area contributed by atoms with Gasteiger partial charge in [0, 0.05) is 25.5 Å². The predicted octanol–water partition coefficient (Wildman–Crippen LogP) is 2.89. The molecule has 0 aliphatic carbocycles. The van der Waals surface area contributed by atoms with E-state index in [-0.39, 0.29) is 17.9 Å². The summed E-state index contributed by atoms with van der Waals surface area (Å²) in [7, 11) is 0. The van der Waals surface area contributed by atoms with Crippen molar-refractivity contribution < 1.29 is 13.2 Å². The maximum Gasteiger partial charge on any atom is 0.416 e. The second-order valence-corrected chi connectivity index (χ2v) is 4.42. The molecule has 4 nitrogen and oxygen atoms in total. The van der Waals surface area contributed by atoms with Crippen molar-refractivity contribution in [2.24, 2.45) is 0 Å². The second kappa shape index (κ2) is 5.99. The average molecular weight is 297 g/mol. The minimum atomic E-state index is -4.38. The van der Waals surface area contributed by atoms with Crippen LogP contribution in [0.25, 0.3) is 0 Å². The first-order valence-corrected chi connectivity index (χ1v) is 6.37. The molecule has 0 spiro atoms. The van der Waals surface area contributed by atoms with Crippen LogP contribution >= 0.6 is 0 Å². The SMILES string of the molecule is CCn1ccnc(NCc2cccc(C(F)(F)F)c2)c1=O. The third-order valence-electron chi connectivity index (χ3n) is 2.97. The van der Waals surface area contributed by atoms with Crippen LogP contribution in [0.5, 0.6) is 0 Å². The number of alkyl halides is 3. The Morgan fingerprint density at radius 2 is 2.10 bits per heavy atom. The first kappa shape index (κ1) is 15.1. The van der Waals surface area contributed by atoms with E-state index >= 15 is 0 Å². The molecule has 0 aliphatic heterocycles. The van der Waals surface area contributed by atoms with E-state index in [4.69, 9.17) is 0 Å². The van der Waals surface area contributed by atoms with Crippen LogP contribution < -0.4 is 10.9 Å². The van der Waals surface area contributed by atoms with Crippen LogP contribution in [0.3, 0.4) is 0 Å². The fraction of sp³-hybridized carbons (Fsp3) is 0.286. The number of hydrogen-bond donors (Lipinski definition) is 1. The third-order valence-corrected chi connectivity index (χ3v) is 2.97. The lowest BCUT2D eigenvalue weighted by Gasteiger charge is -2.10. The van der Waals surface area contributed by atoms with Gasteiger partial charge in [-0.15, -0.1) is 0 Å². The Balaban J connectivity index is 2.16. The summed E-state index contributed by atoms with van der Waals surface area (Å²) in [4.78, 5) is 15.8. The van der Waals surface area contributed by atoms with Gasteiger partial charge in [-0.25, -0.2) is 4.98 Å². The van der Waals surface area contributed by atoms with Gasteiger partial charge in [0.25, 0.3) is 5.56 Å². The molecule has 0 aliphatic rings. The summed E-state index contributed by atoms with van der Waals surface area (Å²) in [5.41, 5.74) is -0.585. The Hall–Kier alpha value is -2.31. The number of nitrogens with one attached hydrogen (secondary N) is 1. The second-order valence-electron chi connectivity index (χ2n) is 4.42. The van der Waals surface area contributed by atoms with Crippen LogP contribution in [0.15, 0.2) is 41.5 Å². The molecule has 0 fully saturated rings. The Morgan fingerprint density at radius 3 is 2.76 bits per heavy atom. The van der Waals surface area contributed by atoms with E-state index in [0.29, 0.717) is 12.1 Å². The van der Waals surface area contributed by atoms with Gasteiger partial charge >= 0.3 is 6.18 Å². The van der Waals surface area contributed by atoms with Crippen LogP contribution in [-0.2, 0) is 19.3 Å². The van der Waals surface area contributed by atoms with Gasteiger partial charge in [0.05, 0.1) is 5.56 Å². The zero-order valence-electron chi connectivity index (χ0n) is 11.3. The summed E-state index contributed by atoms with van der Waals surface area (Å²) in [6.45, 7) is 2.41. The standard InChI is InChI=1S/C14H14F3N3O/c1-2-20-7-6-18-12(13(20)21)19-9-10-4-3-5-11(8-10)14(15,16)17/h3-8H,2,9H2,1H3,(H,18,19). The maximum atomic E-state index is 12.6. The van der Waals surface area contributed by atoms with Crippen LogP contribution in [0.4, 0.5) is 19.0 Å². The van der Waals surface area contributed by atoms with E-state index in [1.165, 1.54) is 16.8 Å². The molecular formula is C14H14F3N3O. The molecule has 0 unspecified atom stereocenters. The molecule has 1 heterocycles. The van der Waals surface area contributed by atoms with Gasteiger partial charge in [-0.05, 0) is 24.6 Å². The van der Waals surface area contributed by atoms with Gasteiger partial charge in [0.1, 0.15) is 0 Å². The van der Waals surface area contributed by atoms with E-state index in [2.05, 4.69) is 10.3 Å². The minimum absolute atomic E-state index is 0.0971. The fourth-order valence-electron chi connectivity index (χ4n) is 1.86. The molecule has 0 atom stereocenters. The average Bonchev–Trinajstić information content (AvgIpc) is 2.45. The molecule has 1 aromatic heterocycles. The monoisotopic (exact) mass is 297 g/mol. The van der Waals surface area contributed by atoms with Gasteiger partial charge in [0.2, 0.25) is 0 Å². The number of benzene rings is 1. The first-order valence-electron chi connectivity index (χ1n) is 6.37. The predicted molar refractivity (Wildman–Crippen MR) is 72.9 cm³/mol. The van der Waals surface area contributed by atoms with Crippen molar-refractivity contribution in [1.29, 1.82) is 0 Å². The number of rotatable bonds is 4. The zero-order chi connectivity index (χ0) is 15.5. The Morgan fingerprint density at radius 1 is 1.33 bits per heavy atom. The number of nitrogens with zero attached hydrogens (tertiary/aromatic N) is 2. The summed E-state index contributed by atoms with van der Waals surface area (Å²) in [5, 5.41) is 2.77. The van der Waals surface area contributed by atoms with E-state index < -0.39 is 11.7 Å². The number of hydrogen-bond acceptors (Lipinski definition) is 3. The summed E-state index contributed by atoms with van der Waals surface area (Å²) in [6, 6.07) is 4.95. The van der Waals surface area contributed by atoms with Crippen molar-refractivity contribution in [2.45, 2.75) is 26.2 Å². The maximum absolute atomic E-state index is 12.6. The molecule has 1 N–H and O–H groups in total. The summed E-state index contributed by atoms with van der Waals surface area (Å²) < 4.78 is 39.3. The molecule has 0 bridgehead atoms. The van der Waals surface area contributed by atoms with Crippen molar-refractivity contribution in [3.63, 3.8) is 0 Å². The topological polar surface area (TPSA) is 46.9 Å². The van der Waals surface area contributed by atoms with Crippen LogP contribution in [0, 0.1) is 0 Å². The Bertz CT molecular complexity index is 680. The Labute approximate surface area is 119 Å². The molecule has 0 amide bonds. The summed E-state index contributed by atoms with van der Waals surface area (Å²) in [5.74, 6) is 0.122. The fourth-order valence-corrected chi connectivity index (χ4v) is 1.86. The van der Waals surface area contributed by atoms with E-state index in [9.17, 15) is 18.0 Å². The van der Waals surface area contributed by atoms with Crippen molar-refractivity contribution >= 4 is 5.82 Å². The normalized spacial score (nSPS) is 11.4. The molecule has 0 saturated carbocycles. The van der Waals surface area contributed by atoms with Gasteiger partial charge in [-0.1, -0.05) is 12.1 Å². The molecule has 0 saturated heterocycles. The molecule has 2 rings (SSSR count). The lowest BCUT2D eigenvalue weighted by Crippen LogP contribution is -2.23. The summed E-state index contributed by atoms with van der Waals surface area (Å²) >= 11 is 0. The lowest BCUT2D eigenvalue weighted by molar-refractivity contribution is -0.137. The van der Waals surface area contributed by atoms with E-state index in [0.717, 1.165) is 12.1 Å². The highest BCUT2D eigenvalue weighted by atomic mass is 19.4. The summed E-state index contributed by atoms with van der Waals surface area (Å²) in [6.07, 6.45) is -1.35. The highest BCUT2D eigenvalue weighted by Crippen LogP contribution is 2.29. The van der Waals surface area contributed by atoms with Crippen molar-refractivity contribution in [3.8, 4) is 0 Å². The molecule has 2 aromatic rings. The minimum Gasteiger partial charge on any atom is -0.361 e.